The smallest absolute Gasteiger partial charge is 0.336 e. The average Bonchev–Trinajstić information content (AvgIpc) is 2.55. The Hall–Kier alpha value is -1.65. The Morgan fingerprint density at radius 2 is 2.00 bits per heavy atom. The molecule has 2 heterocycles. The van der Waals surface area contributed by atoms with Gasteiger partial charge in [0.25, 0.3) is 0 Å². The van der Waals surface area contributed by atoms with Gasteiger partial charge in [-0.3, -0.25) is 4.90 Å². The lowest BCUT2D eigenvalue weighted by atomic mass is 9.77. The molecule has 0 spiro atoms. The summed E-state index contributed by atoms with van der Waals surface area (Å²) in [5.41, 5.74) is 2.60. The molecule has 1 N–H and O–H groups in total. The van der Waals surface area contributed by atoms with Crippen LogP contribution in [-0.4, -0.2) is 29.7 Å². The lowest BCUT2D eigenvalue weighted by Crippen LogP contribution is -2.41. The topological polar surface area (TPSA) is 53.7 Å². The molecule has 4 nitrogen and oxygen atoms in total. The minimum Gasteiger partial charge on any atom is -0.423 e. The first kappa shape index (κ1) is 16.2. The van der Waals surface area contributed by atoms with Crippen molar-refractivity contribution in [2.24, 2.45) is 5.41 Å². The van der Waals surface area contributed by atoms with Crippen LogP contribution < -0.4 is 5.63 Å². The SMILES string of the molecule is CCC1(CO)CCN(Cc2cc(=O)oc3cc(C)ccc23)CC1. The van der Waals surface area contributed by atoms with Crippen molar-refractivity contribution in [2.75, 3.05) is 19.7 Å². The fraction of sp³-hybridized carbons (Fsp3) is 0.526. The Labute approximate surface area is 136 Å². The number of nitrogens with zero attached hydrogens (tertiary/aromatic N) is 1. The number of hydrogen-bond acceptors (Lipinski definition) is 4. The van der Waals surface area contributed by atoms with Crippen LogP contribution in [-0.2, 0) is 6.54 Å². The Morgan fingerprint density at radius 1 is 1.26 bits per heavy atom. The summed E-state index contributed by atoms with van der Waals surface area (Å²) < 4.78 is 5.33. The summed E-state index contributed by atoms with van der Waals surface area (Å²) in [6, 6.07) is 7.63. The number of aryl methyl sites for hydroxylation is 1. The van der Waals surface area contributed by atoms with E-state index >= 15 is 0 Å². The van der Waals surface area contributed by atoms with Gasteiger partial charge in [-0.05, 0) is 61.9 Å². The molecule has 0 aliphatic carbocycles. The molecule has 1 aliphatic heterocycles. The van der Waals surface area contributed by atoms with Crippen molar-refractivity contribution in [1.29, 1.82) is 0 Å². The number of likely N-dealkylation sites (tertiary alicyclic amines) is 1. The molecule has 0 unspecified atom stereocenters. The molecule has 3 rings (SSSR count). The minimum absolute atomic E-state index is 0.0887. The number of aliphatic hydroxyl groups excluding tert-OH is 1. The summed E-state index contributed by atoms with van der Waals surface area (Å²) in [6.07, 6.45) is 3.05. The normalized spacial score (nSPS) is 18.4. The van der Waals surface area contributed by atoms with Crippen LogP contribution >= 0.6 is 0 Å². The van der Waals surface area contributed by atoms with Gasteiger partial charge in [0.1, 0.15) is 5.58 Å². The first-order valence-corrected chi connectivity index (χ1v) is 8.42. The summed E-state index contributed by atoms with van der Waals surface area (Å²) in [7, 11) is 0. The second kappa shape index (κ2) is 6.46. The van der Waals surface area contributed by atoms with Gasteiger partial charge in [0.2, 0.25) is 0 Å². The van der Waals surface area contributed by atoms with Gasteiger partial charge in [0.05, 0.1) is 0 Å². The van der Waals surface area contributed by atoms with Crippen molar-refractivity contribution in [3.05, 3.63) is 45.8 Å². The number of benzene rings is 1. The van der Waals surface area contributed by atoms with Gasteiger partial charge >= 0.3 is 5.63 Å². The van der Waals surface area contributed by atoms with Gasteiger partial charge in [-0.25, -0.2) is 4.79 Å². The van der Waals surface area contributed by atoms with Crippen LogP contribution in [0.5, 0.6) is 0 Å². The Bertz CT molecular complexity index is 736. The third-order valence-corrected chi connectivity index (χ3v) is 5.38. The van der Waals surface area contributed by atoms with E-state index < -0.39 is 0 Å². The molecular formula is C19H25NO3. The second-order valence-electron chi connectivity index (χ2n) is 6.88. The summed E-state index contributed by atoms with van der Waals surface area (Å²) in [4.78, 5) is 14.2. The molecule has 0 bridgehead atoms. The molecule has 1 saturated heterocycles. The van der Waals surface area contributed by atoms with E-state index in [1.807, 2.05) is 19.1 Å². The number of aliphatic hydroxyl groups is 1. The summed E-state index contributed by atoms with van der Waals surface area (Å²) in [5, 5.41) is 10.7. The van der Waals surface area contributed by atoms with Crippen molar-refractivity contribution in [3.8, 4) is 0 Å². The van der Waals surface area contributed by atoms with E-state index in [4.69, 9.17) is 4.42 Å². The van der Waals surface area contributed by atoms with Gasteiger partial charge in [0.15, 0.2) is 0 Å². The zero-order valence-electron chi connectivity index (χ0n) is 14.0. The van der Waals surface area contributed by atoms with Crippen LogP contribution in [0, 0.1) is 12.3 Å². The lowest BCUT2D eigenvalue weighted by molar-refractivity contribution is 0.0383. The zero-order chi connectivity index (χ0) is 16.4. The van der Waals surface area contributed by atoms with E-state index in [-0.39, 0.29) is 17.6 Å². The number of fused-ring (bicyclic) bond motifs is 1. The Morgan fingerprint density at radius 3 is 2.65 bits per heavy atom. The fourth-order valence-electron chi connectivity index (χ4n) is 3.52. The number of rotatable bonds is 4. The van der Waals surface area contributed by atoms with E-state index in [9.17, 15) is 9.90 Å². The standard InChI is InChI=1S/C19H25NO3/c1-3-19(13-21)6-8-20(9-7-19)12-15-11-18(22)23-17-10-14(2)4-5-16(15)17/h4-5,10-11,21H,3,6-9,12-13H2,1-2H3. The maximum Gasteiger partial charge on any atom is 0.336 e. The maximum atomic E-state index is 11.8. The lowest BCUT2D eigenvalue weighted by Gasteiger charge is -2.40. The number of piperidine rings is 1. The molecule has 124 valence electrons. The molecule has 1 aromatic carbocycles. The molecule has 23 heavy (non-hydrogen) atoms. The molecule has 0 saturated carbocycles. The van der Waals surface area contributed by atoms with Crippen LogP contribution in [0.2, 0.25) is 0 Å². The molecule has 2 aromatic rings. The van der Waals surface area contributed by atoms with Gasteiger partial charge in [-0.1, -0.05) is 19.1 Å². The van der Waals surface area contributed by atoms with Crippen LogP contribution in [0.4, 0.5) is 0 Å². The molecule has 1 aliphatic rings. The third-order valence-electron chi connectivity index (χ3n) is 5.38. The van der Waals surface area contributed by atoms with E-state index in [1.54, 1.807) is 6.07 Å². The Kier molecular flexibility index (Phi) is 4.55. The van der Waals surface area contributed by atoms with Crippen molar-refractivity contribution >= 4 is 11.0 Å². The minimum atomic E-state index is -0.284. The van der Waals surface area contributed by atoms with E-state index in [1.165, 1.54) is 0 Å². The van der Waals surface area contributed by atoms with E-state index in [2.05, 4.69) is 17.9 Å². The van der Waals surface area contributed by atoms with Crippen molar-refractivity contribution < 1.29 is 9.52 Å². The van der Waals surface area contributed by atoms with Gasteiger partial charge < -0.3 is 9.52 Å². The molecule has 1 fully saturated rings. The highest BCUT2D eigenvalue weighted by molar-refractivity contribution is 5.80. The van der Waals surface area contributed by atoms with Gasteiger partial charge in [-0.2, -0.15) is 0 Å². The highest BCUT2D eigenvalue weighted by Gasteiger charge is 2.32. The highest BCUT2D eigenvalue weighted by Crippen LogP contribution is 2.34. The van der Waals surface area contributed by atoms with Gasteiger partial charge in [-0.15, -0.1) is 0 Å². The van der Waals surface area contributed by atoms with Crippen molar-refractivity contribution in [1.82, 2.24) is 4.90 Å². The quantitative estimate of drug-likeness (QED) is 0.881. The van der Waals surface area contributed by atoms with E-state index in [0.29, 0.717) is 5.58 Å². The first-order valence-electron chi connectivity index (χ1n) is 8.42. The molecule has 1 aromatic heterocycles. The van der Waals surface area contributed by atoms with Crippen LogP contribution in [0.25, 0.3) is 11.0 Å². The largest absolute Gasteiger partial charge is 0.423 e. The van der Waals surface area contributed by atoms with Crippen molar-refractivity contribution in [2.45, 2.75) is 39.7 Å². The van der Waals surface area contributed by atoms with Gasteiger partial charge in [0, 0.05) is 24.6 Å². The second-order valence-corrected chi connectivity index (χ2v) is 6.88. The summed E-state index contributed by atoms with van der Waals surface area (Å²) in [6.45, 7) is 7.11. The van der Waals surface area contributed by atoms with Crippen molar-refractivity contribution in [3.63, 3.8) is 0 Å². The fourth-order valence-corrected chi connectivity index (χ4v) is 3.52. The third kappa shape index (κ3) is 3.33. The summed E-state index contributed by atoms with van der Waals surface area (Å²) in [5.74, 6) is 0. The predicted octanol–water partition coefficient (Wildman–Crippen LogP) is 3.09. The monoisotopic (exact) mass is 315 g/mol. The Balaban J connectivity index is 1.82. The average molecular weight is 315 g/mol. The highest BCUT2D eigenvalue weighted by atomic mass is 16.4. The number of hydrogen-bond donors (Lipinski definition) is 1. The molecule has 0 amide bonds. The zero-order valence-corrected chi connectivity index (χ0v) is 14.0. The van der Waals surface area contributed by atoms with Crippen LogP contribution in [0.15, 0.2) is 33.5 Å². The van der Waals surface area contributed by atoms with Crippen LogP contribution in [0.1, 0.15) is 37.3 Å². The first-order chi connectivity index (χ1) is 11.0. The van der Waals surface area contributed by atoms with Crippen LogP contribution in [0.3, 0.4) is 0 Å². The molecule has 0 radical (unpaired) electrons. The van der Waals surface area contributed by atoms with E-state index in [0.717, 1.165) is 55.4 Å². The summed E-state index contributed by atoms with van der Waals surface area (Å²) >= 11 is 0. The molecule has 4 heteroatoms. The molecular weight excluding hydrogens is 290 g/mol. The predicted molar refractivity (Wildman–Crippen MR) is 91.5 cm³/mol. The molecule has 0 atom stereocenters. The maximum absolute atomic E-state index is 11.8.